The molecular formula is C26H34ClFN4O4. The topological polar surface area (TPSA) is 97.5 Å². The van der Waals surface area contributed by atoms with E-state index in [1.165, 1.54) is 12.1 Å². The molecule has 2 atom stereocenters. The van der Waals surface area contributed by atoms with Crippen LogP contribution in [0, 0.1) is 5.82 Å². The lowest BCUT2D eigenvalue weighted by atomic mass is 10.1. The van der Waals surface area contributed by atoms with Gasteiger partial charge in [-0.1, -0.05) is 11.6 Å². The lowest BCUT2D eigenvalue weighted by molar-refractivity contribution is -0.139. The average molecular weight is 521 g/mol. The number of nitrogens with two attached hydrogens (primary N) is 1. The Morgan fingerprint density at radius 1 is 1.17 bits per heavy atom. The third kappa shape index (κ3) is 6.37. The molecule has 1 saturated carbocycles. The van der Waals surface area contributed by atoms with E-state index in [4.69, 9.17) is 26.8 Å². The van der Waals surface area contributed by atoms with Crippen molar-refractivity contribution in [2.45, 2.75) is 64.3 Å². The van der Waals surface area contributed by atoms with Crippen molar-refractivity contribution in [3.63, 3.8) is 0 Å². The number of rotatable bonds is 5. The number of hydrogen-bond donors (Lipinski definition) is 1. The fraction of sp³-hybridized carbons (Fsp3) is 0.577. The zero-order chi connectivity index (χ0) is 25.8. The number of morpholine rings is 1. The summed E-state index contributed by atoms with van der Waals surface area (Å²) in [5.74, 6) is -0.588. The van der Waals surface area contributed by atoms with Gasteiger partial charge < -0.3 is 25.0 Å². The maximum Gasteiger partial charge on any atom is 0.270 e. The Morgan fingerprint density at radius 3 is 2.53 bits per heavy atom. The molecular weight excluding hydrogens is 487 g/mol. The molecule has 10 heteroatoms. The number of likely N-dealkylation sites (tertiary alicyclic amines) is 1. The summed E-state index contributed by atoms with van der Waals surface area (Å²) in [6.45, 7) is 5.94. The molecule has 1 aromatic rings. The van der Waals surface area contributed by atoms with E-state index in [-0.39, 0.29) is 48.1 Å². The molecule has 4 rings (SSSR count). The highest BCUT2D eigenvalue weighted by atomic mass is 35.5. The van der Waals surface area contributed by atoms with Gasteiger partial charge in [0, 0.05) is 55.3 Å². The Labute approximate surface area is 216 Å². The summed E-state index contributed by atoms with van der Waals surface area (Å²) in [4.78, 5) is 33.9. The lowest BCUT2D eigenvalue weighted by Gasteiger charge is -2.35. The van der Waals surface area contributed by atoms with Gasteiger partial charge in [0.15, 0.2) is 11.6 Å². The number of benzene rings is 1. The van der Waals surface area contributed by atoms with Crippen LogP contribution in [0.25, 0.3) is 0 Å². The zero-order valence-corrected chi connectivity index (χ0v) is 21.6. The quantitative estimate of drug-likeness (QED) is 0.601. The number of aliphatic imine (C=N–C) groups is 1. The van der Waals surface area contributed by atoms with Crippen molar-refractivity contribution in [1.82, 2.24) is 9.80 Å². The molecule has 0 unspecified atom stereocenters. The second kappa shape index (κ2) is 11.6. The molecule has 36 heavy (non-hydrogen) atoms. The van der Waals surface area contributed by atoms with E-state index < -0.39 is 5.82 Å². The first kappa shape index (κ1) is 26.4. The molecule has 2 heterocycles. The molecule has 196 valence electrons. The number of ether oxygens (including phenoxy) is 2. The minimum Gasteiger partial charge on any atom is -0.487 e. The fourth-order valence-corrected chi connectivity index (χ4v) is 5.23. The zero-order valence-electron chi connectivity index (χ0n) is 20.8. The number of piperidine rings is 1. The summed E-state index contributed by atoms with van der Waals surface area (Å²) >= 11 is 5.79. The van der Waals surface area contributed by atoms with E-state index in [2.05, 4.69) is 4.99 Å². The van der Waals surface area contributed by atoms with Crippen molar-refractivity contribution in [1.29, 1.82) is 0 Å². The Balaban J connectivity index is 1.31. The third-order valence-electron chi connectivity index (χ3n) is 6.84. The highest BCUT2D eigenvalue weighted by molar-refractivity contribution is 6.30. The van der Waals surface area contributed by atoms with Crippen LogP contribution in [0.5, 0.6) is 5.75 Å². The lowest BCUT2D eigenvalue weighted by Crippen LogP contribution is -2.49. The summed E-state index contributed by atoms with van der Waals surface area (Å²) in [6, 6.07) is 4.34. The van der Waals surface area contributed by atoms with Crippen molar-refractivity contribution in [3.8, 4) is 5.75 Å². The van der Waals surface area contributed by atoms with E-state index >= 15 is 0 Å². The summed E-state index contributed by atoms with van der Waals surface area (Å²) in [5, 5.41) is 0.318. The van der Waals surface area contributed by atoms with Crippen molar-refractivity contribution in [3.05, 3.63) is 40.3 Å². The van der Waals surface area contributed by atoms with Gasteiger partial charge in [-0.05, 0) is 51.3 Å². The number of carbonyl (C=O) groups excluding carboxylic acids is 2. The first-order valence-electron chi connectivity index (χ1n) is 12.6. The van der Waals surface area contributed by atoms with Crippen LogP contribution in [0.4, 0.5) is 4.39 Å². The van der Waals surface area contributed by atoms with E-state index in [0.29, 0.717) is 56.9 Å². The smallest absolute Gasteiger partial charge is 0.270 e. The Morgan fingerprint density at radius 2 is 1.86 bits per heavy atom. The van der Waals surface area contributed by atoms with E-state index in [9.17, 15) is 14.0 Å². The Hall–Kier alpha value is -2.65. The van der Waals surface area contributed by atoms with E-state index in [1.54, 1.807) is 15.9 Å². The molecule has 2 saturated heterocycles. The van der Waals surface area contributed by atoms with Gasteiger partial charge in [-0.2, -0.15) is 0 Å². The number of halogens is 2. The van der Waals surface area contributed by atoms with Crippen LogP contribution in [-0.2, 0) is 14.3 Å². The second-order valence-corrected chi connectivity index (χ2v) is 10.2. The van der Waals surface area contributed by atoms with Crippen LogP contribution < -0.4 is 10.5 Å². The Kier molecular flexibility index (Phi) is 8.51. The van der Waals surface area contributed by atoms with Crippen molar-refractivity contribution < 1.29 is 23.5 Å². The molecule has 2 N–H and O–H groups in total. The van der Waals surface area contributed by atoms with Gasteiger partial charge in [-0.25, -0.2) is 4.39 Å². The van der Waals surface area contributed by atoms with Gasteiger partial charge in [0.2, 0.25) is 5.91 Å². The van der Waals surface area contributed by atoms with Gasteiger partial charge >= 0.3 is 0 Å². The number of hydrogen-bond acceptors (Lipinski definition) is 6. The molecule has 2 amide bonds. The molecule has 0 spiro atoms. The average Bonchev–Trinajstić information content (AvgIpc) is 3.32. The van der Waals surface area contributed by atoms with Gasteiger partial charge in [0.1, 0.15) is 18.3 Å². The molecule has 8 nitrogen and oxygen atoms in total. The minimum absolute atomic E-state index is 0.0171. The highest BCUT2D eigenvalue weighted by Crippen LogP contribution is 2.27. The summed E-state index contributed by atoms with van der Waals surface area (Å²) in [5.41, 5.74) is 8.04. The monoisotopic (exact) mass is 520 g/mol. The standard InChI is InChI=1S/C26H34ClFN4O4/c1-16-14-32(15-17(2)35-16)26(34)25(29)20-4-3-5-22(20)30-13-24(33)31-10-8-19(9-11-31)36-23-7-6-18(27)12-21(23)28/h6-7,12,16-17,19H,3-5,8-11,13-15,29H2,1-2H3/b25-20-,30-22?/t16-,17+. The Bertz CT molecular complexity index is 1040. The van der Waals surface area contributed by atoms with Crippen LogP contribution in [0.1, 0.15) is 46.0 Å². The van der Waals surface area contributed by atoms with Gasteiger partial charge in [0.25, 0.3) is 5.91 Å². The number of carbonyl (C=O) groups is 2. The van der Waals surface area contributed by atoms with Crippen LogP contribution in [0.15, 0.2) is 34.5 Å². The minimum atomic E-state index is -0.493. The van der Waals surface area contributed by atoms with Crippen molar-refractivity contribution in [2.24, 2.45) is 10.7 Å². The number of amides is 2. The van der Waals surface area contributed by atoms with Crippen LogP contribution >= 0.6 is 11.6 Å². The molecule has 1 aliphatic carbocycles. The first-order valence-corrected chi connectivity index (χ1v) is 13.0. The van der Waals surface area contributed by atoms with E-state index in [0.717, 1.165) is 17.7 Å². The van der Waals surface area contributed by atoms with Crippen LogP contribution in [0.2, 0.25) is 5.02 Å². The van der Waals surface area contributed by atoms with Gasteiger partial charge in [0.05, 0.1) is 12.2 Å². The number of nitrogens with zero attached hydrogens (tertiary/aromatic N) is 3. The first-order chi connectivity index (χ1) is 17.2. The molecule has 0 aromatic heterocycles. The molecule has 2 aliphatic heterocycles. The maximum atomic E-state index is 14.0. The summed E-state index contributed by atoms with van der Waals surface area (Å²) < 4.78 is 25.5. The third-order valence-corrected chi connectivity index (χ3v) is 7.07. The second-order valence-electron chi connectivity index (χ2n) is 9.75. The molecule has 3 fully saturated rings. The van der Waals surface area contributed by atoms with E-state index in [1.807, 2.05) is 13.8 Å². The normalized spacial score (nSPS) is 25.8. The molecule has 1 aromatic carbocycles. The maximum absolute atomic E-state index is 14.0. The van der Waals surface area contributed by atoms with Crippen LogP contribution in [0.3, 0.4) is 0 Å². The summed E-state index contributed by atoms with van der Waals surface area (Å²) in [7, 11) is 0. The van der Waals surface area contributed by atoms with Crippen molar-refractivity contribution in [2.75, 3.05) is 32.7 Å². The van der Waals surface area contributed by atoms with Gasteiger partial charge in [-0.15, -0.1) is 0 Å². The van der Waals surface area contributed by atoms with Crippen LogP contribution in [-0.4, -0.2) is 78.4 Å². The predicted octanol–water partition coefficient (Wildman–Crippen LogP) is 3.32. The largest absolute Gasteiger partial charge is 0.487 e. The SMILES string of the molecule is C[C@@H]1CN(C(=O)/C(N)=C2\CCCC2=NCC(=O)N2CCC(Oc3ccc(Cl)cc3F)CC2)C[C@H](C)O1. The predicted molar refractivity (Wildman–Crippen MR) is 136 cm³/mol. The van der Waals surface area contributed by atoms with Gasteiger partial charge in [-0.3, -0.25) is 14.6 Å². The van der Waals surface area contributed by atoms with Crippen molar-refractivity contribution >= 4 is 29.1 Å². The molecule has 0 radical (unpaired) electrons. The summed E-state index contributed by atoms with van der Waals surface area (Å²) in [6.07, 6.45) is 3.21. The number of allylic oxidation sites excluding steroid dienone is 1. The molecule has 0 bridgehead atoms. The molecule has 3 aliphatic rings. The highest BCUT2D eigenvalue weighted by Gasteiger charge is 2.30. The fourth-order valence-electron chi connectivity index (χ4n) is 5.07.